The largest absolute Gasteiger partial charge is 0.462 e. The fraction of sp³-hybridized carbons (Fsp3) is 0.679. The molecule has 0 aromatic rings. The topological polar surface area (TPSA) is 89.9 Å². The van der Waals surface area contributed by atoms with Gasteiger partial charge in [0.2, 0.25) is 6.29 Å². The summed E-state index contributed by atoms with van der Waals surface area (Å²) >= 11 is 0. The second kappa shape index (κ2) is 7.16. The second-order valence-electron chi connectivity index (χ2n) is 12.3. The first kappa shape index (κ1) is 23.5. The van der Waals surface area contributed by atoms with Gasteiger partial charge in [0.05, 0.1) is 0 Å². The molecule has 0 spiro atoms. The van der Waals surface area contributed by atoms with Gasteiger partial charge in [-0.1, -0.05) is 52.3 Å². The first-order valence-electron chi connectivity index (χ1n) is 12.5. The van der Waals surface area contributed by atoms with Gasteiger partial charge in [-0.15, -0.1) is 0 Å². The molecule has 6 nitrogen and oxygen atoms in total. The van der Waals surface area contributed by atoms with Crippen molar-refractivity contribution in [3.8, 4) is 0 Å². The second-order valence-corrected chi connectivity index (χ2v) is 12.3. The van der Waals surface area contributed by atoms with Crippen LogP contribution in [0.1, 0.15) is 67.2 Å². The van der Waals surface area contributed by atoms with Gasteiger partial charge in [-0.3, -0.25) is 9.59 Å². The molecule has 0 saturated heterocycles. The van der Waals surface area contributed by atoms with Gasteiger partial charge in [-0.25, -0.2) is 4.79 Å². The van der Waals surface area contributed by atoms with Crippen molar-refractivity contribution in [2.24, 2.45) is 39.4 Å². The number of cyclic esters (lactones) is 1. The number of carbonyl (C=O) groups excluding carboxylic acids is 3. The molecule has 0 bridgehead atoms. The summed E-state index contributed by atoms with van der Waals surface area (Å²) in [6.45, 7) is 12.2. The number of fused-ring (bicyclic) bond motifs is 5. The monoisotopic (exact) mass is 468 g/mol. The van der Waals surface area contributed by atoms with Gasteiger partial charge in [0.15, 0.2) is 5.78 Å². The number of allylic oxidation sites excluding steroid dienone is 3. The third kappa shape index (κ3) is 2.87. The minimum absolute atomic E-state index is 0.0600. The van der Waals surface area contributed by atoms with E-state index in [9.17, 15) is 19.5 Å². The molecule has 4 aliphatic carbocycles. The lowest BCUT2D eigenvalue weighted by molar-refractivity contribution is -0.187. The zero-order valence-electron chi connectivity index (χ0n) is 21.0. The van der Waals surface area contributed by atoms with Gasteiger partial charge >= 0.3 is 11.9 Å². The summed E-state index contributed by atoms with van der Waals surface area (Å²) < 4.78 is 11.1. The summed E-state index contributed by atoms with van der Waals surface area (Å²) in [5.41, 5.74) is 0.310. The fourth-order valence-corrected chi connectivity index (χ4v) is 8.78. The fourth-order valence-electron chi connectivity index (χ4n) is 8.78. The molecule has 184 valence electrons. The van der Waals surface area contributed by atoms with E-state index >= 15 is 0 Å². The standard InChI is InChI=1S/C28H36O6/c1-15(29)33-22-14-20-25(2,3)21(30)10-12-27(20,5)19-9-11-26(4)17(7-8-18(26)28(19,22)6)16-13-23(31)34-24(16)32/h8,10,12-13,17,19-20,22-23,31H,7,9,11,14H2,1-6H3/t17-,19?,20?,22+,23?,26-,27+,28-/m0/s1. The van der Waals surface area contributed by atoms with Crippen molar-refractivity contribution < 1.29 is 29.0 Å². The van der Waals surface area contributed by atoms with E-state index in [4.69, 9.17) is 9.47 Å². The molecule has 1 N–H and O–H groups in total. The normalized spacial score (nSPS) is 46.6. The molecule has 1 aliphatic heterocycles. The summed E-state index contributed by atoms with van der Waals surface area (Å²) in [6, 6.07) is 0. The molecule has 2 saturated carbocycles. The van der Waals surface area contributed by atoms with Gasteiger partial charge in [-0.05, 0) is 60.5 Å². The lowest BCUT2D eigenvalue weighted by Gasteiger charge is -2.66. The van der Waals surface area contributed by atoms with Crippen LogP contribution in [0.15, 0.2) is 35.5 Å². The van der Waals surface area contributed by atoms with Crippen LogP contribution in [-0.4, -0.2) is 35.2 Å². The Kier molecular flexibility index (Phi) is 4.95. The molecule has 2 fully saturated rings. The number of ether oxygens (including phenoxy) is 2. The zero-order chi connectivity index (χ0) is 24.8. The SMILES string of the molecule is CC(=O)O[C@@H]1CC2C(C)(C)C(=O)C=C[C@]2(C)C2CC[C@]3(C)C(=CC[C@H]3C3=CC(O)OC3=O)[C@@]21C. The maximum Gasteiger partial charge on any atom is 0.336 e. The van der Waals surface area contributed by atoms with Crippen LogP contribution in [0.4, 0.5) is 0 Å². The van der Waals surface area contributed by atoms with Gasteiger partial charge < -0.3 is 14.6 Å². The smallest absolute Gasteiger partial charge is 0.336 e. The number of hydrogen-bond acceptors (Lipinski definition) is 6. The first-order chi connectivity index (χ1) is 15.8. The summed E-state index contributed by atoms with van der Waals surface area (Å²) in [4.78, 5) is 37.7. The van der Waals surface area contributed by atoms with E-state index in [0.717, 1.165) is 12.8 Å². The summed E-state index contributed by atoms with van der Waals surface area (Å²) in [5.74, 6) is -0.454. The Hall–Kier alpha value is -2.21. The highest BCUT2D eigenvalue weighted by molar-refractivity contribution is 5.96. The average Bonchev–Trinajstić information content (AvgIpc) is 3.25. The quantitative estimate of drug-likeness (QED) is 0.481. The Morgan fingerprint density at radius 2 is 1.85 bits per heavy atom. The van der Waals surface area contributed by atoms with E-state index in [2.05, 4.69) is 32.9 Å². The molecule has 0 radical (unpaired) electrons. The molecule has 0 aromatic heterocycles. The van der Waals surface area contributed by atoms with Crippen LogP contribution >= 0.6 is 0 Å². The van der Waals surface area contributed by atoms with E-state index < -0.39 is 23.1 Å². The lowest BCUT2D eigenvalue weighted by atomic mass is 9.38. The van der Waals surface area contributed by atoms with Gasteiger partial charge in [0.1, 0.15) is 6.10 Å². The van der Waals surface area contributed by atoms with Crippen LogP contribution in [-0.2, 0) is 23.9 Å². The Labute approximate surface area is 201 Å². The molecule has 0 amide bonds. The molecule has 8 atom stereocenters. The van der Waals surface area contributed by atoms with Crippen LogP contribution in [0.5, 0.6) is 0 Å². The highest BCUT2D eigenvalue weighted by Gasteiger charge is 2.68. The predicted octanol–water partition coefficient (Wildman–Crippen LogP) is 4.28. The Morgan fingerprint density at radius 1 is 1.15 bits per heavy atom. The summed E-state index contributed by atoms with van der Waals surface area (Å²) in [7, 11) is 0. The third-order valence-electron chi connectivity index (χ3n) is 10.4. The van der Waals surface area contributed by atoms with Crippen LogP contribution in [0.3, 0.4) is 0 Å². The number of esters is 2. The highest BCUT2D eigenvalue weighted by atomic mass is 16.6. The zero-order valence-corrected chi connectivity index (χ0v) is 21.0. The number of ketones is 1. The number of aliphatic hydroxyl groups excluding tert-OH is 1. The number of aliphatic hydroxyl groups is 1. The van der Waals surface area contributed by atoms with E-state index in [1.807, 2.05) is 13.8 Å². The predicted molar refractivity (Wildman–Crippen MR) is 125 cm³/mol. The minimum Gasteiger partial charge on any atom is -0.462 e. The first-order valence-corrected chi connectivity index (χ1v) is 12.5. The highest BCUT2D eigenvalue weighted by Crippen LogP contribution is 2.72. The van der Waals surface area contributed by atoms with Crippen molar-refractivity contribution >= 4 is 17.7 Å². The average molecular weight is 469 g/mol. The summed E-state index contributed by atoms with van der Waals surface area (Å²) in [5, 5.41) is 9.89. The Bertz CT molecular complexity index is 1060. The minimum atomic E-state index is -1.18. The number of rotatable bonds is 2. The summed E-state index contributed by atoms with van der Waals surface area (Å²) in [6.07, 6.45) is 9.23. The maximum atomic E-state index is 12.9. The van der Waals surface area contributed by atoms with E-state index in [1.54, 1.807) is 12.2 Å². The Morgan fingerprint density at radius 3 is 2.47 bits per heavy atom. The van der Waals surface area contributed by atoms with E-state index in [1.165, 1.54) is 12.5 Å². The van der Waals surface area contributed by atoms with Crippen molar-refractivity contribution in [2.75, 3.05) is 0 Å². The molecule has 1 heterocycles. The van der Waals surface area contributed by atoms with Gasteiger partial charge in [0.25, 0.3) is 0 Å². The van der Waals surface area contributed by atoms with E-state index in [-0.39, 0.29) is 46.4 Å². The maximum absolute atomic E-state index is 12.9. The molecule has 34 heavy (non-hydrogen) atoms. The van der Waals surface area contributed by atoms with Crippen molar-refractivity contribution in [2.45, 2.75) is 79.6 Å². The van der Waals surface area contributed by atoms with Crippen LogP contribution in [0, 0.1) is 39.4 Å². The van der Waals surface area contributed by atoms with Crippen LogP contribution in [0.25, 0.3) is 0 Å². The lowest BCUT2D eigenvalue weighted by Crippen LogP contribution is -2.64. The van der Waals surface area contributed by atoms with Crippen molar-refractivity contribution in [3.05, 3.63) is 35.5 Å². The molecule has 6 heteroatoms. The van der Waals surface area contributed by atoms with Crippen LogP contribution in [0.2, 0.25) is 0 Å². The molecule has 5 rings (SSSR count). The molecule has 0 aromatic carbocycles. The van der Waals surface area contributed by atoms with E-state index in [0.29, 0.717) is 18.4 Å². The van der Waals surface area contributed by atoms with Crippen molar-refractivity contribution in [1.82, 2.24) is 0 Å². The number of carbonyl (C=O) groups is 3. The molecular weight excluding hydrogens is 432 g/mol. The van der Waals surface area contributed by atoms with Gasteiger partial charge in [-0.2, -0.15) is 0 Å². The third-order valence-corrected chi connectivity index (χ3v) is 10.4. The molecule has 5 aliphatic rings. The Balaban J connectivity index is 1.62. The number of hydrogen-bond donors (Lipinski definition) is 1. The van der Waals surface area contributed by atoms with Crippen molar-refractivity contribution in [1.29, 1.82) is 0 Å². The van der Waals surface area contributed by atoms with Crippen molar-refractivity contribution in [3.63, 3.8) is 0 Å². The van der Waals surface area contributed by atoms with Crippen LogP contribution < -0.4 is 0 Å². The molecule has 3 unspecified atom stereocenters. The van der Waals surface area contributed by atoms with Gasteiger partial charge in [0, 0.05) is 29.2 Å². The molecular formula is C28H36O6.